The Hall–Kier alpha value is -1.39. The molecule has 13 heavy (non-hydrogen) atoms. The van der Waals surface area contributed by atoms with Crippen LogP contribution in [0.15, 0.2) is 4.52 Å². The molecular formula is C8H12N2O3. The van der Waals surface area contributed by atoms with Crippen LogP contribution in [-0.2, 0) is 17.6 Å². The Morgan fingerprint density at radius 1 is 1.62 bits per heavy atom. The van der Waals surface area contributed by atoms with E-state index in [1.807, 2.05) is 0 Å². The number of carboxylic acid groups (broad SMARTS) is 1. The van der Waals surface area contributed by atoms with Gasteiger partial charge >= 0.3 is 5.97 Å². The summed E-state index contributed by atoms with van der Waals surface area (Å²) in [5, 5.41) is 12.0. The van der Waals surface area contributed by atoms with E-state index in [0.717, 1.165) is 19.3 Å². The summed E-state index contributed by atoms with van der Waals surface area (Å²) in [5.74, 6) is -0.167. The van der Waals surface area contributed by atoms with Crippen LogP contribution in [0.5, 0.6) is 0 Å². The Balaban J connectivity index is 2.48. The number of hydrogen-bond donors (Lipinski definition) is 1. The largest absolute Gasteiger partial charge is 0.481 e. The van der Waals surface area contributed by atoms with Crippen molar-refractivity contribution in [2.45, 2.75) is 32.6 Å². The number of aliphatic carboxylic acids is 1. The molecule has 1 heterocycles. The van der Waals surface area contributed by atoms with Crippen molar-refractivity contribution in [2.24, 2.45) is 0 Å². The summed E-state index contributed by atoms with van der Waals surface area (Å²) in [7, 11) is 0. The first kappa shape index (κ1) is 9.70. The van der Waals surface area contributed by atoms with E-state index in [1.165, 1.54) is 0 Å². The molecule has 1 aromatic rings. The number of hydrogen-bond acceptors (Lipinski definition) is 4. The molecule has 0 aromatic carbocycles. The molecule has 0 spiro atoms. The third-order valence-corrected chi connectivity index (χ3v) is 1.56. The summed E-state index contributed by atoms with van der Waals surface area (Å²) in [6.45, 7) is 2.06. The average Bonchev–Trinajstić information content (AvgIpc) is 2.48. The second kappa shape index (κ2) is 4.59. The minimum absolute atomic E-state index is 0.171. The van der Waals surface area contributed by atoms with Crippen molar-refractivity contribution >= 4 is 5.97 Å². The molecule has 0 atom stereocenters. The molecule has 1 aromatic heterocycles. The quantitative estimate of drug-likeness (QED) is 0.739. The van der Waals surface area contributed by atoms with Crippen molar-refractivity contribution in [2.75, 3.05) is 0 Å². The highest BCUT2D eigenvalue weighted by Crippen LogP contribution is 2.02. The first-order chi connectivity index (χ1) is 6.22. The molecule has 0 aliphatic rings. The molecule has 5 heteroatoms. The Bertz CT molecular complexity index is 283. The molecule has 0 aliphatic carbocycles. The van der Waals surface area contributed by atoms with Crippen molar-refractivity contribution in [3.8, 4) is 0 Å². The van der Waals surface area contributed by atoms with Gasteiger partial charge in [-0.1, -0.05) is 18.5 Å². The van der Waals surface area contributed by atoms with Gasteiger partial charge in [-0.3, -0.25) is 4.79 Å². The Kier molecular flexibility index (Phi) is 3.42. The first-order valence-corrected chi connectivity index (χ1v) is 4.25. The normalized spacial score (nSPS) is 10.2. The molecule has 0 unspecified atom stereocenters. The molecule has 5 nitrogen and oxygen atoms in total. The standard InChI is InChI=1S/C8H12N2O3/c1-2-3-4-7-9-6(10-13-7)5-8(11)12/h2-5H2,1H3,(H,11,12). The summed E-state index contributed by atoms with van der Waals surface area (Å²) in [5.41, 5.74) is 0. The first-order valence-electron chi connectivity index (χ1n) is 4.25. The minimum Gasteiger partial charge on any atom is -0.481 e. The van der Waals surface area contributed by atoms with Crippen molar-refractivity contribution in [3.63, 3.8) is 0 Å². The van der Waals surface area contributed by atoms with Gasteiger partial charge < -0.3 is 9.63 Å². The predicted molar refractivity (Wildman–Crippen MR) is 44.2 cm³/mol. The van der Waals surface area contributed by atoms with Crippen LogP contribution in [0.2, 0.25) is 0 Å². The highest BCUT2D eigenvalue weighted by atomic mass is 16.5. The summed E-state index contributed by atoms with van der Waals surface area (Å²) in [4.78, 5) is 14.2. The van der Waals surface area contributed by atoms with Crippen molar-refractivity contribution < 1.29 is 14.4 Å². The summed E-state index contributed by atoms with van der Waals surface area (Å²) in [6, 6.07) is 0. The molecule has 0 saturated carbocycles. The number of carbonyl (C=O) groups is 1. The fourth-order valence-electron chi connectivity index (χ4n) is 0.927. The Morgan fingerprint density at radius 2 is 2.38 bits per heavy atom. The van der Waals surface area contributed by atoms with E-state index in [2.05, 4.69) is 17.1 Å². The maximum Gasteiger partial charge on any atom is 0.311 e. The third kappa shape index (κ3) is 3.23. The zero-order chi connectivity index (χ0) is 9.68. The second-order valence-electron chi connectivity index (χ2n) is 2.78. The van der Waals surface area contributed by atoms with Gasteiger partial charge in [-0.25, -0.2) is 0 Å². The molecular weight excluding hydrogens is 172 g/mol. The molecule has 1 N–H and O–H groups in total. The number of nitrogens with zero attached hydrogens (tertiary/aromatic N) is 2. The summed E-state index contributed by atoms with van der Waals surface area (Å²) < 4.78 is 4.84. The zero-order valence-corrected chi connectivity index (χ0v) is 7.49. The zero-order valence-electron chi connectivity index (χ0n) is 7.49. The molecule has 0 amide bonds. The lowest BCUT2D eigenvalue weighted by molar-refractivity contribution is -0.136. The van der Waals surface area contributed by atoms with Gasteiger partial charge in [0.05, 0.1) is 0 Å². The van der Waals surface area contributed by atoms with Gasteiger partial charge in [0.1, 0.15) is 6.42 Å². The summed E-state index contributed by atoms with van der Waals surface area (Å²) >= 11 is 0. The van der Waals surface area contributed by atoms with Crippen molar-refractivity contribution in [1.82, 2.24) is 10.1 Å². The van der Waals surface area contributed by atoms with Gasteiger partial charge in [-0.2, -0.15) is 4.98 Å². The molecule has 1 rings (SSSR count). The molecule has 0 fully saturated rings. The van der Waals surface area contributed by atoms with Crippen LogP contribution in [0.25, 0.3) is 0 Å². The van der Waals surface area contributed by atoms with Gasteiger partial charge in [-0.05, 0) is 6.42 Å². The molecule has 0 saturated heterocycles. The van der Waals surface area contributed by atoms with Gasteiger partial charge in [0.25, 0.3) is 0 Å². The van der Waals surface area contributed by atoms with E-state index in [1.54, 1.807) is 0 Å². The van der Waals surface area contributed by atoms with E-state index in [-0.39, 0.29) is 12.2 Å². The smallest absolute Gasteiger partial charge is 0.311 e. The van der Waals surface area contributed by atoms with Crippen LogP contribution < -0.4 is 0 Å². The van der Waals surface area contributed by atoms with E-state index >= 15 is 0 Å². The van der Waals surface area contributed by atoms with Crippen LogP contribution >= 0.6 is 0 Å². The molecule has 72 valence electrons. The lowest BCUT2D eigenvalue weighted by atomic mass is 10.2. The number of carboxylic acids is 1. The maximum atomic E-state index is 10.3. The second-order valence-corrected chi connectivity index (χ2v) is 2.78. The fraction of sp³-hybridized carbons (Fsp3) is 0.625. The average molecular weight is 184 g/mol. The van der Waals surface area contributed by atoms with E-state index in [0.29, 0.717) is 5.89 Å². The molecule has 0 bridgehead atoms. The third-order valence-electron chi connectivity index (χ3n) is 1.56. The minimum atomic E-state index is -0.942. The van der Waals surface area contributed by atoms with Crippen LogP contribution in [0.3, 0.4) is 0 Å². The number of aromatic nitrogens is 2. The number of aryl methyl sites for hydroxylation is 1. The van der Waals surface area contributed by atoms with Crippen molar-refractivity contribution in [3.05, 3.63) is 11.7 Å². The lowest BCUT2D eigenvalue weighted by Gasteiger charge is -1.87. The highest BCUT2D eigenvalue weighted by molar-refractivity contribution is 5.68. The van der Waals surface area contributed by atoms with Crippen LogP contribution in [0.4, 0.5) is 0 Å². The highest BCUT2D eigenvalue weighted by Gasteiger charge is 2.08. The molecule has 0 radical (unpaired) electrons. The Morgan fingerprint density at radius 3 is 3.00 bits per heavy atom. The maximum absolute atomic E-state index is 10.3. The van der Waals surface area contributed by atoms with E-state index in [9.17, 15) is 4.79 Å². The van der Waals surface area contributed by atoms with E-state index in [4.69, 9.17) is 9.63 Å². The van der Waals surface area contributed by atoms with Gasteiger partial charge in [0.2, 0.25) is 5.89 Å². The monoisotopic (exact) mass is 184 g/mol. The molecule has 0 aliphatic heterocycles. The Labute approximate surface area is 75.8 Å². The van der Waals surface area contributed by atoms with Crippen LogP contribution in [-0.4, -0.2) is 21.2 Å². The SMILES string of the molecule is CCCCc1nc(CC(=O)O)no1. The lowest BCUT2D eigenvalue weighted by Crippen LogP contribution is -2.01. The van der Waals surface area contributed by atoms with Gasteiger partial charge in [-0.15, -0.1) is 0 Å². The van der Waals surface area contributed by atoms with Crippen LogP contribution in [0, 0.1) is 0 Å². The van der Waals surface area contributed by atoms with E-state index < -0.39 is 5.97 Å². The fourth-order valence-corrected chi connectivity index (χ4v) is 0.927. The van der Waals surface area contributed by atoms with Gasteiger partial charge in [0.15, 0.2) is 5.82 Å². The van der Waals surface area contributed by atoms with Gasteiger partial charge in [0, 0.05) is 6.42 Å². The van der Waals surface area contributed by atoms with Crippen LogP contribution in [0.1, 0.15) is 31.5 Å². The predicted octanol–water partition coefficient (Wildman–Crippen LogP) is 1.04. The van der Waals surface area contributed by atoms with Crippen molar-refractivity contribution in [1.29, 1.82) is 0 Å². The number of unbranched alkanes of at least 4 members (excludes halogenated alkanes) is 1. The topological polar surface area (TPSA) is 76.2 Å². The number of rotatable bonds is 5. The summed E-state index contributed by atoms with van der Waals surface area (Å²) in [6.07, 6.45) is 2.59.